The average Bonchev–Trinajstić information content (AvgIpc) is 3.61. The Kier molecular flexibility index (Phi) is 5.45. The zero-order valence-electron chi connectivity index (χ0n) is 20.3. The lowest BCUT2D eigenvalue weighted by Gasteiger charge is -2.13. The first-order chi connectivity index (χ1) is 17.6. The van der Waals surface area contributed by atoms with Crippen molar-refractivity contribution in [1.29, 1.82) is 0 Å². The summed E-state index contributed by atoms with van der Waals surface area (Å²) in [5, 5.41) is 13.2. The van der Waals surface area contributed by atoms with Crippen LogP contribution in [-0.4, -0.2) is 37.9 Å². The number of aromatic nitrogens is 5. The predicted octanol–water partition coefficient (Wildman–Crippen LogP) is 5.96. The van der Waals surface area contributed by atoms with Gasteiger partial charge in [-0.3, -0.25) is 15.1 Å². The van der Waals surface area contributed by atoms with Crippen LogP contribution in [0, 0.1) is 5.92 Å². The first kappa shape index (κ1) is 22.0. The molecule has 4 aromatic rings. The Morgan fingerprint density at radius 3 is 2.83 bits per heavy atom. The van der Waals surface area contributed by atoms with Gasteiger partial charge >= 0.3 is 0 Å². The molecule has 7 nitrogen and oxygen atoms in total. The fourth-order valence-corrected chi connectivity index (χ4v) is 4.50. The van der Waals surface area contributed by atoms with Gasteiger partial charge in [0.25, 0.3) is 0 Å². The molecule has 0 atom stereocenters. The Morgan fingerprint density at radius 2 is 2.00 bits per heavy atom. The number of nitrogens with one attached hydrogen (secondary N) is 3. The van der Waals surface area contributed by atoms with Crippen molar-refractivity contribution in [3.63, 3.8) is 0 Å². The summed E-state index contributed by atoms with van der Waals surface area (Å²) in [6, 6.07) is 4.29. The average molecular weight is 474 g/mol. The van der Waals surface area contributed by atoms with Crippen molar-refractivity contribution in [3.05, 3.63) is 90.2 Å². The SMILES string of the molecule is C=C(NC1=CC(c2cnc3[nH]nc(-c4cc5c(C6=CCC=C6)cncc5[nH]4)c3c2)=CCN=C1)C(C)C. The van der Waals surface area contributed by atoms with Gasteiger partial charge in [0.15, 0.2) is 5.65 Å². The number of fused-ring (bicyclic) bond motifs is 2. The second-order valence-electron chi connectivity index (χ2n) is 9.38. The summed E-state index contributed by atoms with van der Waals surface area (Å²) in [6.07, 6.45) is 19.2. The topological polar surface area (TPSA) is 94.6 Å². The van der Waals surface area contributed by atoms with E-state index >= 15 is 0 Å². The molecule has 0 radical (unpaired) electrons. The molecule has 0 fully saturated rings. The van der Waals surface area contributed by atoms with Gasteiger partial charge in [0.2, 0.25) is 0 Å². The van der Waals surface area contributed by atoms with Gasteiger partial charge in [0, 0.05) is 46.2 Å². The molecular weight excluding hydrogens is 446 g/mol. The van der Waals surface area contributed by atoms with Gasteiger partial charge in [-0.2, -0.15) is 5.10 Å². The number of nitrogens with zero attached hydrogens (tertiary/aromatic N) is 4. The van der Waals surface area contributed by atoms with Crippen molar-refractivity contribution in [1.82, 2.24) is 30.5 Å². The van der Waals surface area contributed by atoms with Crippen LogP contribution >= 0.6 is 0 Å². The zero-order valence-corrected chi connectivity index (χ0v) is 20.3. The fraction of sp³-hybridized carbons (Fsp3) is 0.172. The summed E-state index contributed by atoms with van der Waals surface area (Å²) in [7, 11) is 0. The second kappa shape index (κ2) is 8.92. The van der Waals surface area contributed by atoms with E-state index in [0.717, 1.165) is 67.8 Å². The largest absolute Gasteiger partial charge is 0.358 e. The molecule has 5 heterocycles. The Labute approximate surface area is 209 Å². The van der Waals surface area contributed by atoms with Crippen molar-refractivity contribution in [2.75, 3.05) is 6.54 Å². The molecule has 1 aliphatic carbocycles. The molecule has 36 heavy (non-hydrogen) atoms. The van der Waals surface area contributed by atoms with E-state index in [-0.39, 0.29) is 0 Å². The minimum Gasteiger partial charge on any atom is -0.358 e. The van der Waals surface area contributed by atoms with E-state index in [0.29, 0.717) is 12.5 Å². The third-order valence-corrected chi connectivity index (χ3v) is 6.59. The molecule has 0 saturated carbocycles. The molecule has 0 unspecified atom stereocenters. The Morgan fingerprint density at radius 1 is 1.08 bits per heavy atom. The summed E-state index contributed by atoms with van der Waals surface area (Å²) in [5.74, 6) is 0.328. The minimum atomic E-state index is 0.328. The highest BCUT2D eigenvalue weighted by Crippen LogP contribution is 2.34. The van der Waals surface area contributed by atoms with Gasteiger partial charge < -0.3 is 10.3 Å². The van der Waals surface area contributed by atoms with E-state index in [1.165, 1.54) is 5.57 Å². The lowest BCUT2D eigenvalue weighted by molar-refractivity contribution is 0.713. The lowest BCUT2D eigenvalue weighted by Crippen LogP contribution is -2.16. The van der Waals surface area contributed by atoms with Crippen molar-refractivity contribution >= 4 is 39.3 Å². The summed E-state index contributed by atoms with van der Waals surface area (Å²) in [6.45, 7) is 8.96. The fourth-order valence-electron chi connectivity index (χ4n) is 4.50. The maximum Gasteiger partial charge on any atom is 0.155 e. The van der Waals surface area contributed by atoms with E-state index in [2.05, 4.69) is 98.4 Å². The van der Waals surface area contributed by atoms with Gasteiger partial charge in [-0.1, -0.05) is 44.7 Å². The lowest BCUT2D eigenvalue weighted by atomic mass is 10.0. The van der Waals surface area contributed by atoms with E-state index < -0.39 is 0 Å². The first-order valence-corrected chi connectivity index (χ1v) is 12.1. The predicted molar refractivity (Wildman–Crippen MR) is 147 cm³/mol. The quantitative estimate of drug-likeness (QED) is 0.322. The number of H-pyrrole nitrogens is 2. The molecule has 2 aliphatic rings. The Balaban J connectivity index is 1.40. The van der Waals surface area contributed by atoms with Crippen LogP contribution in [0.15, 0.2) is 84.1 Å². The number of rotatable bonds is 6. The number of hydrogen-bond acceptors (Lipinski definition) is 5. The monoisotopic (exact) mass is 473 g/mol. The molecule has 0 bridgehead atoms. The van der Waals surface area contributed by atoms with Crippen molar-refractivity contribution in [2.45, 2.75) is 20.3 Å². The molecule has 1 aliphatic heterocycles. The molecule has 6 rings (SSSR count). The molecule has 7 heteroatoms. The van der Waals surface area contributed by atoms with Gasteiger partial charge in [-0.15, -0.1) is 0 Å². The van der Waals surface area contributed by atoms with Crippen LogP contribution in [-0.2, 0) is 0 Å². The summed E-state index contributed by atoms with van der Waals surface area (Å²) >= 11 is 0. The molecule has 0 aromatic carbocycles. The zero-order chi connectivity index (χ0) is 24.6. The third kappa shape index (κ3) is 3.98. The van der Waals surface area contributed by atoms with E-state index in [1.807, 2.05) is 24.8 Å². The summed E-state index contributed by atoms with van der Waals surface area (Å²) in [5.41, 5.74) is 9.74. The number of aliphatic imine (C=N–C) groups is 1. The molecular formula is C29H27N7. The van der Waals surface area contributed by atoms with Crippen molar-refractivity contribution < 1.29 is 0 Å². The Bertz CT molecular complexity index is 1650. The second-order valence-corrected chi connectivity index (χ2v) is 9.38. The van der Waals surface area contributed by atoms with Crippen LogP contribution in [0.25, 0.3) is 44.5 Å². The standard InChI is InChI=1S/C29H27N7/c1-17(2)18(3)33-22-10-20(8-9-30-14-22)21-11-24-28(35-36-29(24)32-13-21)26-12-23-25(19-6-4-5-7-19)15-31-16-27(23)34-26/h4,6-8,10-17,33-34H,3,5,9H2,1-2H3,(H,32,35,36). The van der Waals surface area contributed by atoms with Crippen LogP contribution in [0.2, 0.25) is 0 Å². The van der Waals surface area contributed by atoms with Gasteiger partial charge in [-0.25, -0.2) is 4.98 Å². The van der Waals surface area contributed by atoms with Crippen LogP contribution in [0.5, 0.6) is 0 Å². The van der Waals surface area contributed by atoms with Gasteiger partial charge in [0.1, 0.15) is 5.69 Å². The molecule has 0 spiro atoms. The first-order valence-electron chi connectivity index (χ1n) is 12.1. The van der Waals surface area contributed by atoms with Crippen LogP contribution in [0.3, 0.4) is 0 Å². The smallest absolute Gasteiger partial charge is 0.155 e. The highest BCUT2D eigenvalue weighted by Gasteiger charge is 2.16. The van der Waals surface area contributed by atoms with E-state index in [4.69, 9.17) is 0 Å². The Hall–Kier alpha value is -4.52. The van der Waals surface area contributed by atoms with E-state index in [1.54, 1.807) is 0 Å². The van der Waals surface area contributed by atoms with Crippen LogP contribution < -0.4 is 5.32 Å². The van der Waals surface area contributed by atoms with E-state index in [9.17, 15) is 0 Å². The molecule has 178 valence electrons. The number of allylic oxidation sites excluding steroid dienone is 8. The minimum absolute atomic E-state index is 0.328. The summed E-state index contributed by atoms with van der Waals surface area (Å²) < 4.78 is 0. The molecule has 4 aromatic heterocycles. The number of aromatic amines is 2. The van der Waals surface area contributed by atoms with Crippen LogP contribution in [0.1, 0.15) is 31.4 Å². The maximum absolute atomic E-state index is 4.67. The normalized spacial score (nSPS) is 15.4. The van der Waals surface area contributed by atoms with Crippen molar-refractivity contribution in [3.8, 4) is 11.4 Å². The number of hydrogen-bond donors (Lipinski definition) is 3. The molecule has 0 amide bonds. The highest BCUT2D eigenvalue weighted by molar-refractivity contribution is 6.00. The number of pyridine rings is 2. The van der Waals surface area contributed by atoms with Crippen molar-refractivity contribution in [2.24, 2.45) is 10.9 Å². The van der Waals surface area contributed by atoms with Crippen LogP contribution in [0.4, 0.5) is 0 Å². The van der Waals surface area contributed by atoms with Gasteiger partial charge in [0.05, 0.1) is 29.6 Å². The summed E-state index contributed by atoms with van der Waals surface area (Å²) in [4.78, 5) is 17.1. The van der Waals surface area contributed by atoms with Gasteiger partial charge in [-0.05, 0) is 41.7 Å². The molecule has 0 saturated heterocycles. The third-order valence-electron chi connectivity index (χ3n) is 6.59. The highest BCUT2D eigenvalue weighted by atomic mass is 15.2. The molecule has 3 N–H and O–H groups in total. The maximum atomic E-state index is 4.67.